The Hall–Kier alpha value is -4.20. The van der Waals surface area contributed by atoms with Gasteiger partial charge in [-0.3, -0.25) is 10.9 Å². The largest absolute Gasteiger partial charge is 0.259 e. The highest BCUT2D eigenvalue weighted by atomic mass is 19.1. The number of hydrogen-bond acceptors (Lipinski definition) is 6. The molecule has 1 aromatic heterocycles. The average molecular weight is 402 g/mol. The second-order valence-corrected chi connectivity index (χ2v) is 6.29. The van der Waals surface area contributed by atoms with Crippen LogP contribution in [0.3, 0.4) is 0 Å². The lowest BCUT2D eigenvalue weighted by atomic mass is 10.2. The van der Waals surface area contributed by atoms with Crippen LogP contribution in [-0.4, -0.2) is 22.6 Å². The van der Waals surface area contributed by atoms with Gasteiger partial charge in [0.15, 0.2) is 11.6 Å². The van der Waals surface area contributed by atoms with E-state index in [1.165, 1.54) is 24.3 Å². The fourth-order valence-corrected chi connectivity index (χ4v) is 2.70. The second kappa shape index (κ2) is 8.87. The van der Waals surface area contributed by atoms with Crippen molar-refractivity contribution in [3.05, 3.63) is 95.6 Å². The maximum atomic E-state index is 13.0. The Balaban J connectivity index is 1.52. The molecular weight excluding hydrogens is 386 g/mol. The molecule has 0 fully saturated rings. The number of rotatable bonds is 6. The molecule has 148 valence electrons. The number of fused-ring (bicyclic) bond motifs is 1. The minimum Gasteiger partial charge on any atom is -0.259 e. The number of hydrogen-bond donors (Lipinski definition) is 2. The molecule has 0 saturated heterocycles. The first kappa shape index (κ1) is 19.1. The third-order valence-corrected chi connectivity index (χ3v) is 4.20. The minimum atomic E-state index is -0.304. The van der Waals surface area contributed by atoms with Crippen molar-refractivity contribution in [3.63, 3.8) is 0 Å². The summed E-state index contributed by atoms with van der Waals surface area (Å²) in [6, 6.07) is 19.5. The molecule has 3 aromatic carbocycles. The van der Waals surface area contributed by atoms with E-state index in [4.69, 9.17) is 0 Å². The van der Waals surface area contributed by atoms with E-state index in [1.54, 1.807) is 36.7 Å². The van der Waals surface area contributed by atoms with Crippen molar-refractivity contribution in [1.82, 2.24) is 10.2 Å². The molecule has 4 rings (SSSR count). The summed E-state index contributed by atoms with van der Waals surface area (Å²) in [5.74, 6) is 0.332. The zero-order chi connectivity index (χ0) is 20.8. The average Bonchev–Trinajstić information content (AvgIpc) is 2.77. The van der Waals surface area contributed by atoms with Gasteiger partial charge in [-0.05, 0) is 35.4 Å². The standard InChI is InChI=1S/C22H16F2N6/c23-17-9-5-15(6-10-17)13-25-27-21-19-3-1-2-4-20(19)22(30-29-21)28-26-14-16-7-11-18(24)12-8-16/h1-14H,(H,27,29)(H,28,30)/b25-13+,26-14+. The van der Waals surface area contributed by atoms with Gasteiger partial charge in [0.05, 0.1) is 12.4 Å². The Labute approximate surface area is 171 Å². The number of benzene rings is 3. The van der Waals surface area contributed by atoms with E-state index >= 15 is 0 Å². The van der Waals surface area contributed by atoms with Crippen molar-refractivity contribution in [3.8, 4) is 0 Å². The molecule has 0 aliphatic rings. The number of anilines is 2. The van der Waals surface area contributed by atoms with Crippen LogP contribution < -0.4 is 10.9 Å². The summed E-state index contributed by atoms with van der Waals surface area (Å²) in [7, 11) is 0. The molecule has 2 N–H and O–H groups in total. The molecule has 0 spiro atoms. The number of aromatic nitrogens is 2. The van der Waals surface area contributed by atoms with E-state index in [0.717, 1.165) is 21.9 Å². The van der Waals surface area contributed by atoms with Gasteiger partial charge in [0.25, 0.3) is 0 Å². The zero-order valence-corrected chi connectivity index (χ0v) is 15.6. The van der Waals surface area contributed by atoms with E-state index in [-0.39, 0.29) is 11.6 Å². The summed E-state index contributed by atoms with van der Waals surface area (Å²) in [5.41, 5.74) is 7.22. The Bertz CT molecular complexity index is 1110. The van der Waals surface area contributed by atoms with Gasteiger partial charge >= 0.3 is 0 Å². The van der Waals surface area contributed by atoms with Crippen LogP contribution in [0.15, 0.2) is 83.0 Å². The molecule has 30 heavy (non-hydrogen) atoms. The SMILES string of the molecule is Fc1ccc(/C=N/Nc2nnc(N/N=C/c3ccc(F)cc3)c3ccccc23)cc1. The predicted molar refractivity (Wildman–Crippen MR) is 115 cm³/mol. The van der Waals surface area contributed by atoms with Crippen LogP contribution in [0.1, 0.15) is 11.1 Å². The summed E-state index contributed by atoms with van der Waals surface area (Å²) in [5, 5.41) is 18.2. The van der Waals surface area contributed by atoms with Gasteiger partial charge in [0.2, 0.25) is 0 Å². The molecule has 0 amide bonds. The molecule has 8 heteroatoms. The molecule has 0 bridgehead atoms. The Morgan fingerprint density at radius 3 is 1.40 bits per heavy atom. The summed E-state index contributed by atoms with van der Waals surface area (Å²) < 4.78 is 26.0. The molecular formula is C22H16F2N6. The zero-order valence-electron chi connectivity index (χ0n) is 15.6. The van der Waals surface area contributed by atoms with Crippen LogP contribution >= 0.6 is 0 Å². The molecule has 6 nitrogen and oxygen atoms in total. The van der Waals surface area contributed by atoms with Crippen LogP contribution in [0.5, 0.6) is 0 Å². The Kier molecular flexibility index (Phi) is 5.66. The van der Waals surface area contributed by atoms with Crippen molar-refractivity contribution in [2.45, 2.75) is 0 Å². The lowest BCUT2D eigenvalue weighted by Gasteiger charge is -2.07. The van der Waals surface area contributed by atoms with Crippen molar-refractivity contribution in [1.29, 1.82) is 0 Å². The Morgan fingerprint density at radius 2 is 1.00 bits per heavy atom. The first-order chi connectivity index (χ1) is 14.7. The molecule has 0 radical (unpaired) electrons. The number of nitrogens with one attached hydrogen (secondary N) is 2. The third-order valence-electron chi connectivity index (χ3n) is 4.20. The van der Waals surface area contributed by atoms with Crippen molar-refractivity contribution in [2.24, 2.45) is 10.2 Å². The lowest BCUT2D eigenvalue weighted by molar-refractivity contribution is 0.627. The van der Waals surface area contributed by atoms with Crippen molar-refractivity contribution < 1.29 is 8.78 Å². The van der Waals surface area contributed by atoms with E-state index in [0.29, 0.717) is 11.6 Å². The Morgan fingerprint density at radius 1 is 0.600 bits per heavy atom. The monoisotopic (exact) mass is 402 g/mol. The topological polar surface area (TPSA) is 74.6 Å². The van der Waals surface area contributed by atoms with Crippen LogP contribution in [0.25, 0.3) is 10.8 Å². The van der Waals surface area contributed by atoms with Gasteiger partial charge in [0.1, 0.15) is 11.6 Å². The van der Waals surface area contributed by atoms with Crippen LogP contribution in [0, 0.1) is 11.6 Å². The normalized spacial score (nSPS) is 11.4. The quantitative estimate of drug-likeness (QED) is 0.359. The van der Waals surface area contributed by atoms with E-state index in [9.17, 15) is 8.78 Å². The lowest BCUT2D eigenvalue weighted by Crippen LogP contribution is -2.01. The molecule has 0 unspecified atom stereocenters. The highest BCUT2D eigenvalue weighted by molar-refractivity contribution is 5.98. The minimum absolute atomic E-state index is 0.304. The highest BCUT2D eigenvalue weighted by Crippen LogP contribution is 2.25. The molecule has 1 heterocycles. The summed E-state index contributed by atoms with van der Waals surface area (Å²) in [6.07, 6.45) is 3.13. The molecule has 0 atom stereocenters. The molecule has 0 aliphatic carbocycles. The van der Waals surface area contributed by atoms with Crippen LogP contribution in [0.2, 0.25) is 0 Å². The van der Waals surface area contributed by atoms with Gasteiger partial charge in [0, 0.05) is 10.8 Å². The van der Waals surface area contributed by atoms with Gasteiger partial charge < -0.3 is 0 Å². The highest BCUT2D eigenvalue weighted by Gasteiger charge is 2.07. The van der Waals surface area contributed by atoms with Crippen molar-refractivity contribution in [2.75, 3.05) is 10.9 Å². The van der Waals surface area contributed by atoms with Crippen LogP contribution in [-0.2, 0) is 0 Å². The third kappa shape index (κ3) is 4.61. The fraction of sp³-hybridized carbons (Fsp3) is 0. The van der Waals surface area contributed by atoms with E-state index < -0.39 is 0 Å². The second-order valence-electron chi connectivity index (χ2n) is 6.29. The predicted octanol–water partition coefficient (Wildman–Crippen LogP) is 4.80. The number of hydrazone groups is 2. The molecule has 4 aromatic rings. The van der Waals surface area contributed by atoms with Gasteiger partial charge in [-0.1, -0.05) is 48.5 Å². The number of halogens is 2. The van der Waals surface area contributed by atoms with E-state index in [1.807, 2.05) is 24.3 Å². The first-order valence-electron chi connectivity index (χ1n) is 9.04. The van der Waals surface area contributed by atoms with Crippen LogP contribution in [0.4, 0.5) is 20.4 Å². The number of nitrogens with zero attached hydrogens (tertiary/aromatic N) is 4. The molecule has 0 aliphatic heterocycles. The fourth-order valence-electron chi connectivity index (χ4n) is 2.70. The van der Waals surface area contributed by atoms with Crippen molar-refractivity contribution >= 4 is 34.8 Å². The van der Waals surface area contributed by atoms with Gasteiger partial charge in [-0.15, -0.1) is 10.2 Å². The maximum absolute atomic E-state index is 13.0. The molecule has 0 saturated carbocycles. The van der Waals surface area contributed by atoms with Gasteiger partial charge in [-0.2, -0.15) is 10.2 Å². The summed E-state index contributed by atoms with van der Waals surface area (Å²) in [4.78, 5) is 0. The maximum Gasteiger partial charge on any atom is 0.176 e. The summed E-state index contributed by atoms with van der Waals surface area (Å²) in [6.45, 7) is 0. The van der Waals surface area contributed by atoms with Gasteiger partial charge in [-0.25, -0.2) is 8.78 Å². The smallest absolute Gasteiger partial charge is 0.176 e. The van der Waals surface area contributed by atoms with E-state index in [2.05, 4.69) is 31.3 Å². The summed E-state index contributed by atoms with van der Waals surface area (Å²) >= 11 is 0. The first-order valence-corrected chi connectivity index (χ1v) is 9.04.